The van der Waals surface area contributed by atoms with Crippen molar-refractivity contribution in [2.75, 3.05) is 11.4 Å². The maximum absolute atomic E-state index is 5.89. The Morgan fingerprint density at radius 3 is 2.58 bits per heavy atom. The van der Waals surface area contributed by atoms with Crippen molar-refractivity contribution in [2.45, 2.75) is 11.4 Å². The predicted octanol–water partition coefficient (Wildman–Crippen LogP) is 2.95. The first-order chi connectivity index (χ1) is 5.59. The SMILES string of the molecule is Cc1cccc(N2CC2(Cl)Cl)c1. The highest BCUT2D eigenvalue weighted by atomic mass is 35.5. The summed E-state index contributed by atoms with van der Waals surface area (Å²) in [4.78, 5) is 1.95. The Kier molecular flexibility index (Phi) is 1.74. The van der Waals surface area contributed by atoms with Gasteiger partial charge in [-0.15, -0.1) is 0 Å². The van der Waals surface area contributed by atoms with Gasteiger partial charge in [0, 0.05) is 5.69 Å². The van der Waals surface area contributed by atoms with E-state index in [-0.39, 0.29) is 0 Å². The fourth-order valence-corrected chi connectivity index (χ4v) is 1.67. The smallest absolute Gasteiger partial charge is 0.208 e. The number of hydrogen-bond donors (Lipinski definition) is 0. The highest BCUT2D eigenvalue weighted by Gasteiger charge is 2.49. The Labute approximate surface area is 81.9 Å². The number of halogens is 2. The van der Waals surface area contributed by atoms with Crippen molar-refractivity contribution in [2.24, 2.45) is 0 Å². The fraction of sp³-hybridized carbons (Fsp3) is 0.333. The van der Waals surface area contributed by atoms with Gasteiger partial charge in [-0.05, 0) is 24.6 Å². The molecule has 0 unspecified atom stereocenters. The third kappa shape index (κ3) is 1.39. The first-order valence-corrected chi connectivity index (χ1v) is 4.57. The van der Waals surface area contributed by atoms with Gasteiger partial charge in [0.05, 0.1) is 6.54 Å². The molecule has 0 saturated carbocycles. The van der Waals surface area contributed by atoms with Gasteiger partial charge in [0.15, 0.2) is 0 Å². The molecular formula is C9H9Cl2N. The van der Waals surface area contributed by atoms with E-state index < -0.39 is 4.46 Å². The number of nitrogens with zero attached hydrogens (tertiary/aromatic N) is 1. The molecule has 12 heavy (non-hydrogen) atoms. The molecule has 64 valence electrons. The summed E-state index contributed by atoms with van der Waals surface area (Å²) in [5, 5.41) is 0. The molecule has 0 aliphatic carbocycles. The second-order valence-corrected chi connectivity index (χ2v) is 4.53. The maximum Gasteiger partial charge on any atom is 0.208 e. The van der Waals surface area contributed by atoms with Gasteiger partial charge in [0.25, 0.3) is 0 Å². The van der Waals surface area contributed by atoms with Crippen LogP contribution < -0.4 is 4.90 Å². The summed E-state index contributed by atoms with van der Waals surface area (Å²) >= 11 is 11.8. The van der Waals surface area contributed by atoms with Crippen molar-refractivity contribution in [3.8, 4) is 0 Å². The summed E-state index contributed by atoms with van der Waals surface area (Å²) in [6.07, 6.45) is 0. The lowest BCUT2D eigenvalue weighted by molar-refractivity contribution is 1.28. The summed E-state index contributed by atoms with van der Waals surface area (Å²) < 4.78 is -0.659. The molecule has 2 rings (SSSR count). The van der Waals surface area contributed by atoms with Gasteiger partial charge in [-0.25, -0.2) is 0 Å². The van der Waals surface area contributed by atoms with Crippen molar-refractivity contribution < 1.29 is 0 Å². The fourth-order valence-electron chi connectivity index (χ4n) is 1.23. The average Bonchev–Trinajstić information content (AvgIpc) is 2.60. The molecule has 1 nitrogen and oxygen atoms in total. The number of hydrogen-bond acceptors (Lipinski definition) is 1. The Balaban J connectivity index is 2.26. The number of aryl methyl sites for hydroxylation is 1. The normalized spacial score (nSPS) is 19.4. The number of alkyl halides is 2. The lowest BCUT2D eigenvalue weighted by Crippen LogP contribution is -2.00. The van der Waals surface area contributed by atoms with E-state index in [9.17, 15) is 0 Å². The van der Waals surface area contributed by atoms with E-state index in [2.05, 4.69) is 19.1 Å². The molecule has 1 aliphatic heterocycles. The third-order valence-electron chi connectivity index (χ3n) is 1.95. The van der Waals surface area contributed by atoms with Crippen LogP contribution in [-0.2, 0) is 0 Å². The monoisotopic (exact) mass is 201 g/mol. The van der Waals surface area contributed by atoms with E-state index in [0.717, 1.165) is 12.2 Å². The van der Waals surface area contributed by atoms with Crippen LogP contribution in [0.5, 0.6) is 0 Å². The molecule has 3 heteroatoms. The van der Waals surface area contributed by atoms with Crippen LogP contribution in [0.1, 0.15) is 5.56 Å². The highest BCUT2D eigenvalue weighted by molar-refractivity contribution is 6.53. The van der Waals surface area contributed by atoms with E-state index in [1.165, 1.54) is 5.56 Å². The molecule has 1 aliphatic rings. The van der Waals surface area contributed by atoms with Gasteiger partial charge in [0.1, 0.15) is 0 Å². The summed E-state index contributed by atoms with van der Waals surface area (Å²) in [5.74, 6) is 0. The molecule has 0 N–H and O–H groups in total. The summed E-state index contributed by atoms with van der Waals surface area (Å²) in [6, 6.07) is 8.15. The Bertz CT molecular complexity index is 309. The van der Waals surface area contributed by atoms with Gasteiger partial charge >= 0.3 is 0 Å². The van der Waals surface area contributed by atoms with Gasteiger partial charge in [-0.2, -0.15) is 0 Å². The molecule has 0 bridgehead atoms. The molecule has 1 saturated heterocycles. The van der Waals surface area contributed by atoms with E-state index in [0.29, 0.717) is 0 Å². The summed E-state index contributed by atoms with van der Waals surface area (Å²) in [5.41, 5.74) is 2.32. The number of rotatable bonds is 1. The summed E-state index contributed by atoms with van der Waals surface area (Å²) in [7, 11) is 0. The van der Waals surface area contributed by atoms with E-state index in [4.69, 9.17) is 23.2 Å². The summed E-state index contributed by atoms with van der Waals surface area (Å²) in [6.45, 7) is 2.77. The molecule has 0 amide bonds. The van der Waals surface area contributed by atoms with Crippen LogP contribution in [-0.4, -0.2) is 11.0 Å². The van der Waals surface area contributed by atoms with Crippen molar-refractivity contribution in [1.29, 1.82) is 0 Å². The molecule has 1 fully saturated rings. The van der Waals surface area contributed by atoms with Crippen LogP contribution in [0.15, 0.2) is 24.3 Å². The van der Waals surface area contributed by atoms with Crippen molar-refractivity contribution in [3.63, 3.8) is 0 Å². The van der Waals surface area contributed by atoms with Crippen LogP contribution in [0.3, 0.4) is 0 Å². The van der Waals surface area contributed by atoms with E-state index in [1.807, 2.05) is 17.0 Å². The van der Waals surface area contributed by atoms with Crippen molar-refractivity contribution in [1.82, 2.24) is 0 Å². The van der Waals surface area contributed by atoms with Gasteiger partial charge in [0.2, 0.25) is 4.46 Å². The molecule has 0 aromatic heterocycles. The minimum absolute atomic E-state index is 0.659. The van der Waals surface area contributed by atoms with Crippen LogP contribution in [0.4, 0.5) is 5.69 Å². The zero-order valence-electron chi connectivity index (χ0n) is 6.72. The number of anilines is 1. The molecular weight excluding hydrogens is 193 g/mol. The molecule has 1 heterocycles. The van der Waals surface area contributed by atoms with E-state index in [1.54, 1.807) is 0 Å². The van der Waals surface area contributed by atoms with Crippen molar-refractivity contribution >= 4 is 28.9 Å². The Morgan fingerprint density at radius 2 is 2.08 bits per heavy atom. The van der Waals surface area contributed by atoms with Crippen LogP contribution in [0, 0.1) is 6.92 Å². The average molecular weight is 202 g/mol. The van der Waals surface area contributed by atoms with Crippen LogP contribution >= 0.6 is 23.2 Å². The highest BCUT2D eigenvalue weighted by Crippen LogP contribution is 2.44. The molecule has 1 aromatic rings. The molecule has 0 radical (unpaired) electrons. The van der Waals surface area contributed by atoms with Gasteiger partial charge < -0.3 is 4.90 Å². The molecule has 1 aromatic carbocycles. The van der Waals surface area contributed by atoms with E-state index >= 15 is 0 Å². The third-order valence-corrected chi connectivity index (χ3v) is 2.60. The minimum Gasteiger partial charge on any atom is -0.334 e. The Morgan fingerprint density at radius 1 is 1.42 bits per heavy atom. The quantitative estimate of drug-likeness (QED) is 0.384. The van der Waals surface area contributed by atoms with Crippen LogP contribution in [0.2, 0.25) is 0 Å². The zero-order chi connectivity index (χ0) is 8.77. The first kappa shape index (κ1) is 8.21. The number of benzene rings is 1. The second-order valence-electron chi connectivity index (χ2n) is 3.09. The standard InChI is InChI=1S/C9H9Cl2N/c1-7-3-2-4-8(5-7)12-6-9(12,10)11/h2-5H,6H2,1H3. The van der Waals surface area contributed by atoms with Crippen LogP contribution in [0.25, 0.3) is 0 Å². The lowest BCUT2D eigenvalue weighted by atomic mass is 10.2. The zero-order valence-corrected chi connectivity index (χ0v) is 8.23. The molecule has 0 atom stereocenters. The predicted molar refractivity (Wildman–Crippen MR) is 53.0 cm³/mol. The largest absolute Gasteiger partial charge is 0.334 e. The topological polar surface area (TPSA) is 3.01 Å². The minimum atomic E-state index is -0.659. The maximum atomic E-state index is 5.89. The molecule has 0 spiro atoms. The van der Waals surface area contributed by atoms with Crippen molar-refractivity contribution in [3.05, 3.63) is 29.8 Å². The van der Waals surface area contributed by atoms with Gasteiger partial charge in [-0.1, -0.05) is 35.3 Å². The lowest BCUT2D eigenvalue weighted by Gasteiger charge is -2.05. The van der Waals surface area contributed by atoms with Gasteiger partial charge in [-0.3, -0.25) is 0 Å². The first-order valence-electron chi connectivity index (χ1n) is 3.82. The second kappa shape index (κ2) is 2.54. The Hall–Kier alpha value is -0.400.